The number of H-pyrrole nitrogens is 1. The number of carboxylic acid groups (broad SMARTS) is 1. The number of benzene rings is 2. The van der Waals surface area contributed by atoms with Crippen molar-refractivity contribution in [2.45, 2.75) is 76.9 Å². The van der Waals surface area contributed by atoms with E-state index in [1.54, 1.807) is 35.4 Å². The average molecular weight is 646 g/mol. The molecule has 4 rings (SSSR count). The number of carbonyl (C=O) groups is 4. The molecular weight excluding hydrogens is 605 g/mol. The summed E-state index contributed by atoms with van der Waals surface area (Å²) in [5.41, 5.74) is 2.25. The number of halogens is 1. The SMILES string of the molecule is CC(C)C[C@H](NC(=O)N1CCCCCC1)C(=O)N[C@H](Cc1c[nH]c2ccccc12)C(=O)N[C@H](Cc1cccc(Cl)c1)C(=O)[O-].[Na+]. The van der Waals surface area contributed by atoms with E-state index in [2.05, 4.69) is 20.9 Å². The van der Waals surface area contributed by atoms with Gasteiger partial charge in [0.2, 0.25) is 11.8 Å². The Bertz CT molecular complexity index is 1460. The Labute approximate surface area is 291 Å². The second-order valence-corrected chi connectivity index (χ2v) is 12.3. The molecular formula is C33H41ClN5NaO5. The van der Waals surface area contributed by atoms with E-state index in [0.717, 1.165) is 42.1 Å². The zero-order valence-electron chi connectivity index (χ0n) is 26.2. The van der Waals surface area contributed by atoms with E-state index in [0.29, 0.717) is 30.1 Å². The van der Waals surface area contributed by atoms with Gasteiger partial charge in [-0.05, 0) is 60.9 Å². The van der Waals surface area contributed by atoms with E-state index >= 15 is 0 Å². The summed E-state index contributed by atoms with van der Waals surface area (Å²) in [6.45, 7) is 5.17. The standard InChI is InChI=1S/C33H42ClN5O5.Na/c1-21(2)16-27(38-33(44)39-14-7-3-4-8-15-39)30(40)36-28(19-23-20-35-26-13-6-5-12-25(23)26)31(41)37-29(32(42)43)18-22-10-9-11-24(34)17-22;/h5-6,9-13,17,20-21,27-29,35H,3-4,7-8,14-16,18-19H2,1-2H3,(H,36,40)(H,37,41)(H,38,44)(H,42,43);/q;+1/p-1/t27-,28+,29+;/m0./s1. The third kappa shape index (κ3) is 10.8. The Morgan fingerprint density at radius 1 is 0.867 bits per heavy atom. The molecule has 12 heteroatoms. The first-order chi connectivity index (χ1) is 21.1. The van der Waals surface area contributed by atoms with Crippen molar-refractivity contribution >= 4 is 46.3 Å². The summed E-state index contributed by atoms with van der Waals surface area (Å²) in [4.78, 5) is 57.6. The van der Waals surface area contributed by atoms with Crippen LogP contribution in [-0.2, 0) is 27.2 Å². The molecule has 2 aromatic carbocycles. The Morgan fingerprint density at radius 3 is 2.20 bits per heavy atom. The van der Waals surface area contributed by atoms with Crippen LogP contribution in [0.1, 0.15) is 57.1 Å². The number of urea groups is 1. The number of fused-ring (bicyclic) bond motifs is 1. The zero-order valence-corrected chi connectivity index (χ0v) is 29.0. The van der Waals surface area contributed by atoms with Gasteiger partial charge in [0.1, 0.15) is 12.1 Å². The minimum absolute atomic E-state index is 0. The zero-order chi connectivity index (χ0) is 31.6. The molecule has 2 heterocycles. The van der Waals surface area contributed by atoms with Crippen LogP contribution in [0.2, 0.25) is 5.02 Å². The van der Waals surface area contributed by atoms with Crippen molar-refractivity contribution in [3.05, 3.63) is 70.9 Å². The van der Waals surface area contributed by atoms with Crippen LogP contribution in [-0.4, -0.2) is 64.9 Å². The molecule has 4 N–H and O–H groups in total. The maximum Gasteiger partial charge on any atom is 1.00 e. The number of para-hydroxylation sites is 1. The third-order valence-corrected chi connectivity index (χ3v) is 8.11. The largest absolute Gasteiger partial charge is 1.00 e. The average Bonchev–Trinajstić information content (AvgIpc) is 3.18. The Hall–Kier alpha value is -3.05. The predicted molar refractivity (Wildman–Crippen MR) is 168 cm³/mol. The molecule has 0 aliphatic carbocycles. The van der Waals surface area contributed by atoms with Crippen LogP contribution in [0, 0.1) is 5.92 Å². The number of nitrogens with zero attached hydrogens (tertiary/aromatic N) is 1. The van der Waals surface area contributed by atoms with Crippen molar-refractivity contribution in [1.29, 1.82) is 0 Å². The third-order valence-electron chi connectivity index (χ3n) is 7.88. The molecule has 1 saturated heterocycles. The summed E-state index contributed by atoms with van der Waals surface area (Å²) in [6, 6.07) is 10.6. The fourth-order valence-corrected chi connectivity index (χ4v) is 5.80. The monoisotopic (exact) mass is 645 g/mol. The van der Waals surface area contributed by atoms with Crippen molar-refractivity contribution in [3.8, 4) is 0 Å². The van der Waals surface area contributed by atoms with Crippen LogP contribution in [0.5, 0.6) is 0 Å². The van der Waals surface area contributed by atoms with E-state index in [9.17, 15) is 24.3 Å². The molecule has 4 amide bonds. The van der Waals surface area contributed by atoms with Gasteiger partial charge in [-0.25, -0.2) is 4.79 Å². The summed E-state index contributed by atoms with van der Waals surface area (Å²) >= 11 is 6.07. The maximum absolute atomic E-state index is 13.7. The first kappa shape index (κ1) is 36.4. The molecule has 45 heavy (non-hydrogen) atoms. The molecule has 0 unspecified atom stereocenters. The fourth-order valence-electron chi connectivity index (χ4n) is 5.58. The summed E-state index contributed by atoms with van der Waals surface area (Å²) in [7, 11) is 0. The Balaban J connectivity index is 0.00000552. The van der Waals surface area contributed by atoms with Crippen LogP contribution < -0.4 is 50.6 Å². The van der Waals surface area contributed by atoms with Crippen LogP contribution in [0.4, 0.5) is 4.79 Å². The normalized spacial score (nSPS) is 15.3. The van der Waals surface area contributed by atoms with Crippen molar-refractivity contribution in [1.82, 2.24) is 25.8 Å². The number of hydrogen-bond donors (Lipinski definition) is 4. The number of rotatable bonds is 12. The molecule has 0 bridgehead atoms. The second kappa shape index (κ2) is 17.6. The van der Waals surface area contributed by atoms with Crippen molar-refractivity contribution in [2.75, 3.05) is 13.1 Å². The van der Waals surface area contributed by atoms with Gasteiger partial charge >= 0.3 is 35.6 Å². The van der Waals surface area contributed by atoms with E-state index in [1.807, 2.05) is 38.1 Å². The van der Waals surface area contributed by atoms with Gasteiger partial charge < -0.3 is 35.7 Å². The first-order valence-electron chi connectivity index (χ1n) is 15.3. The number of hydrogen-bond acceptors (Lipinski definition) is 5. The minimum atomic E-state index is -1.46. The molecule has 0 spiro atoms. The molecule has 0 radical (unpaired) electrons. The molecule has 3 atom stereocenters. The van der Waals surface area contributed by atoms with E-state index < -0.39 is 35.9 Å². The Kier molecular flexibility index (Phi) is 14.2. The van der Waals surface area contributed by atoms with Crippen LogP contribution in [0.15, 0.2) is 54.7 Å². The van der Waals surface area contributed by atoms with Gasteiger partial charge in [0.15, 0.2) is 0 Å². The number of likely N-dealkylation sites (tertiary alicyclic amines) is 1. The topological polar surface area (TPSA) is 146 Å². The van der Waals surface area contributed by atoms with Crippen molar-refractivity contribution in [3.63, 3.8) is 0 Å². The van der Waals surface area contributed by atoms with Crippen LogP contribution in [0.3, 0.4) is 0 Å². The van der Waals surface area contributed by atoms with Crippen LogP contribution in [0.25, 0.3) is 10.9 Å². The van der Waals surface area contributed by atoms with Gasteiger partial charge in [-0.15, -0.1) is 0 Å². The predicted octanol–water partition coefficient (Wildman–Crippen LogP) is 0.330. The molecule has 1 fully saturated rings. The van der Waals surface area contributed by atoms with Gasteiger partial charge in [-0.1, -0.05) is 68.6 Å². The molecule has 1 aromatic heterocycles. The number of nitrogens with one attached hydrogen (secondary N) is 4. The maximum atomic E-state index is 13.7. The number of carboxylic acids is 1. The van der Waals surface area contributed by atoms with Gasteiger partial charge in [0.05, 0.1) is 12.0 Å². The summed E-state index contributed by atoms with van der Waals surface area (Å²) in [5.74, 6) is -2.57. The second-order valence-electron chi connectivity index (χ2n) is 11.9. The van der Waals surface area contributed by atoms with Crippen molar-refractivity contribution < 1.29 is 53.8 Å². The molecule has 10 nitrogen and oxygen atoms in total. The molecule has 1 aliphatic rings. The summed E-state index contributed by atoms with van der Waals surface area (Å²) < 4.78 is 0. The molecule has 0 saturated carbocycles. The van der Waals surface area contributed by atoms with Crippen LogP contribution >= 0.6 is 11.6 Å². The molecule has 3 aromatic rings. The summed E-state index contributed by atoms with van der Waals surface area (Å²) in [5, 5.41) is 21.7. The number of aromatic amines is 1. The van der Waals surface area contributed by atoms with Gasteiger partial charge in [-0.2, -0.15) is 0 Å². The Morgan fingerprint density at radius 2 is 1.53 bits per heavy atom. The number of carbonyl (C=O) groups excluding carboxylic acids is 4. The number of amides is 4. The van der Waals surface area contributed by atoms with E-state index in [1.165, 1.54) is 0 Å². The summed E-state index contributed by atoms with van der Waals surface area (Å²) in [6.07, 6.45) is 6.13. The molecule has 236 valence electrons. The number of aliphatic carboxylic acids is 1. The van der Waals surface area contributed by atoms with E-state index in [4.69, 9.17) is 11.6 Å². The van der Waals surface area contributed by atoms with Gasteiger partial charge in [0, 0.05) is 41.6 Å². The first-order valence-corrected chi connectivity index (χ1v) is 15.6. The van der Waals surface area contributed by atoms with Gasteiger partial charge in [0.25, 0.3) is 0 Å². The quantitative estimate of drug-likeness (QED) is 0.210. The van der Waals surface area contributed by atoms with Crippen molar-refractivity contribution in [2.24, 2.45) is 5.92 Å². The molecule has 1 aliphatic heterocycles. The van der Waals surface area contributed by atoms with Gasteiger partial charge in [-0.3, -0.25) is 9.59 Å². The fraction of sp³-hybridized carbons (Fsp3) is 0.455. The minimum Gasteiger partial charge on any atom is -0.548 e. The smallest absolute Gasteiger partial charge is 0.548 e. The number of aromatic nitrogens is 1. The van der Waals surface area contributed by atoms with E-state index in [-0.39, 0.29) is 54.3 Å².